The Bertz CT molecular complexity index is 2080. The fourth-order valence-corrected chi connectivity index (χ4v) is 10.3. The Hall–Kier alpha value is -3.60. The van der Waals surface area contributed by atoms with Gasteiger partial charge in [0.15, 0.2) is 0 Å². The van der Waals surface area contributed by atoms with Gasteiger partial charge in [-0.25, -0.2) is 0 Å². The van der Waals surface area contributed by atoms with E-state index in [9.17, 15) is 10.2 Å². The van der Waals surface area contributed by atoms with E-state index in [1.807, 2.05) is 23.5 Å². The first-order valence-electron chi connectivity index (χ1n) is 22.1. The zero-order valence-electron chi connectivity index (χ0n) is 39.1. The first-order chi connectivity index (χ1) is 27.8. The average molecular weight is 829 g/mol. The molecule has 0 aromatic heterocycles. The molecule has 0 saturated carbocycles. The maximum atomic E-state index is 12.8. The highest BCUT2D eigenvalue weighted by molar-refractivity contribution is 8.00. The summed E-state index contributed by atoms with van der Waals surface area (Å²) in [6.07, 6.45) is 3.23. The molecule has 5 aromatic rings. The van der Waals surface area contributed by atoms with Crippen molar-refractivity contribution in [1.82, 2.24) is 0 Å². The summed E-state index contributed by atoms with van der Waals surface area (Å²) >= 11 is 3.73. The molecule has 316 valence electrons. The standard InChI is InChI=1S/C55H72O2S2/c1-30(2)39-26-41(32(5)6)51(42(27-39)33(7)8)49-24-36(13)20-45(53(49)56)47-22-38(15)23-48(55(47)59-19-17-18-58-16)46-21-37(14)25-50(54(46)57)52-43(34(9)10)28-40(31(3)4)29-44(52)35(11)12/h20-35,56-57H,17-19H2,1-16H3. The highest BCUT2D eigenvalue weighted by Crippen LogP contribution is 2.52. The van der Waals surface area contributed by atoms with Crippen LogP contribution in [0.15, 0.2) is 65.6 Å². The Morgan fingerprint density at radius 2 is 0.712 bits per heavy atom. The summed E-state index contributed by atoms with van der Waals surface area (Å²) in [5.41, 5.74) is 19.0. The zero-order chi connectivity index (χ0) is 43.6. The van der Waals surface area contributed by atoms with Gasteiger partial charge in [-0.05, 0) is 177 Å². The number of benzene rings is 5. The Morgan fingerprint density at radius 1 is 0.407 bits per heavy atom. The summed E-state index contributed by atoms with van der Waals surface area (Å²) in [4.78, 5) is 1.10. The Morgan fingerprint density at radius 3 is 1.00 bits per heavy atom. The molecule has 0 aliphatic carbocycles. The van der Waals surface area contributed by atoms with Gasteiger partial charge in [0.05, 0.1) is 0 Å². The first kappa shape index (κ1) is 46.5. The van der Waals surface area contributed by atoms with Gasteiger partial charge in [0.1, 0.15) is 11.5 Å². The number of hydrogen-bond acceptors (Lipinski definition) is 4. The van der Waals surface area contributed by atoms with Gasteiger partial charge >= 0.3 is 0 Å². The molecule has 0 fully saturated rings. The van der Waals surface area contributed by atoms with Crippen molar-refractivity contribution in [3.05, 3.63) is 111 Å². The molecule has 5 rings (SSSR count). The number of aryl methyl sites for hydroxylation is 3. The third-order valence-electron chi connectivity index (χ3n) is 11.9. The molecule has 0 amide bonds. The van der Waals surface area contributed by atoms with E-state index in [1.54, 1.807) is 0 Å². The lowest BCUT2D eigenvalue weighted by molar-refractivity contribution is 0.478. The van der Waals surface area contributed by atoms with Crippen molar-refractivity contribution in [3.63, 3.8) is 0 Å². The van der Waals surface area contributed by atoms with E-state index in [0.717, 1.165) is 84.0 Å². The van der Waals surface area contributed by atoms with Crippen LogP contribution in [0.1, 0.15) is 175 Å². The summed E-state index contributed by atoms with van der Waals surface area (Å²) in [5, 5.41) is 25.5. The number of aromatic hydroxyl groups is 2. The van der Waals surface area contributed by atoms with Gasteiger partial charge in [0, 0.05) is 27.1 Å². The quantitative estimate of drug-likeness (QED) is 0.0815. The maximum absolute atomic E-state index is 12.8. The van der Waals surface area contributed by atoms with Crippen molar-refractivity contribution in [2.24, 2.45) is 0 Å². The number of phenolic OH excluding ortho intramolecular Hbond substituents is 2. The zero-order valence-corrected chi connectivity index (χ0v) is 40.7. The summed E-state index contributed by atoms with van der Waals surface area (Å²) in [7, 11) is 0. The van der Waals surface area contributed by atoms with Crippen molar-refractivity contribution in [2.45, 2.75) is 151 Å². The molecule has 0 saturated heterocycles. The molecule has 0 aliphatic rings. The lowest BCUT2D eigenvalue weighted by Gasteiger charge is -2.26. The molecule has 0 unspecified atom stereocenters. The lowest BCUT2D eigenvalue weighted by atomic mass is 9.80. The van der Waals surface area contributed by atoms with Crippen LogP contribution in [0.2, 0.25) is 0 Å². The van der Waals surface area contributed by atoms with Gasteiger partial charge in [0.25, 0.3) is 0 Å². The summed E-state index contributed by atoms with van der Waals surface area (Å²) < 4.78 is 0. The minimum atomic E-state index is 0.283. The van der Waals surface area contributed by atoms with Gasteiger partial charge in [-0.2, -0.15) is 11.8 Å². The molecule has 2 N–H and O–H groups in total. The predicted molar refractivity (Wildman–Crippen MR) is 264 cm³/mol. The number of thioether (sulfide) groups is 2. The monoisotopic (exact) mass is 828 g/mol. The molecular formula is C55H72O2S2. The van der Waals surface area contributed by atoms with Crippen LogP contribution in [0.25, 0.3) is 44.5 Å². The van der Waals surface area contributed by atoms with Crippen LogP contribution < -0.4 is 0 Å². The molecule has 0 radical (unpaired) electrons. The second-order valence-corrected chi connectivity index (χ2v) is 21.0. The molecule has 5 aromatic carbocycles. The van der Waals surface area contributed by atoms with E-state index in [-0.39, 0.29) is 23.7 Å². The second-order valence-electron chi connectivity index (χ2n) is 18.9. The normalized spacial score (nSPS) is 12.1. The molecule has 59 heavy (non-hydrogen) atoms. The van der Waals surface area contributed by atoms with E-state index >= 15 is 0 Å². The summed E-state index contributed by atoms with van der Waals surface area (Å²) in [6.45, 7) is 33.7. The minimum Gasteiger partial charge on any atom is -0.507 e. The number of phenols is 2. The SMILES string of the molecule is CSCCCSc1c(-c2cc(C)cc(-c3c(C(C)C)cc(C(C)C)cc3C(C)C)c2O)cc(C)cc1-c1cc(C)cc(-c2c(C(C)C)cc(C(C)C)cc2C(C)C)c1O. The fraction of sp³-hybridized carbons (Fsp3) is 0.455. The molecule has 2 nitrogen and oxygen atoms in total. The third-order valence-corrected chi connectivity index (χ3v) is 13.8. The molecule has 0 aliphatic heterocycles. The van der Waals surface area contributed by atoms with Crippen LogP contribution >= 0.6 is 23.5 Å². The smallest absolute Gasteiger partial charge is 0.131 e. The third kappa shape index (κ3) is 9.97. The van der Waals surface area contributed by atoms with E-state index in [0.29, 0.717) is 23.3 Å². The van der Waals surface area contributed by atoms with Gasteiger partial charge in [0.2, 0.25) is 0 Å². The van der Waals surface area contributed by atoms with Crippen molar-refractivity contribution < 1.29 is 10.2 Å². The lowest BCUT2D eigenvalue weighted by Crippen LogP contribution is -2.04. The Balaban J connectivity index is 1.87. The Labute approximate surface area is 367 Å². The van der Waals surface area contributed by atoms with E-state index in [1.165, 1.54) is 33.4 Å². The Kier molecular flexibility index (Phi) is 15.3. The predicted octanol–water partition coefficient (Wildman–Crippen LogP) is 17.3. The van der Waals surface area contributed by atoms with Crippen molar-refractivity contribution in [1.29, 1.82) is 0 Å². The van der Waals surface area contributed by atoms with Gasteiger partial charge in [-0.1, -0.05) is 119 Å². The van der Waals surface area contributed by atoms with Crippen LogP contribution in [0.4, 0.5) is 0 Å². The molecular weight excluding hydrogens is 757 g/mol. The van der Waals surface area contributed by atoms with Gasteiger partial charge in [-0.3, -0.25) is 0 Å². The number of hydrogen-bond donors (Lipinski definition) is 2. The highest BCUT2D eigenvalue weighted by Gasteiger charge is 2.27. The molecule has 0 spiro atoms. The van der Waals surface area contributed by atoms with Crippen molar-refractivity contribution >= 4 is 23.5 Å². The van der Waals surface area contributed by atoms with Crippen molar-refractivity contribution in [2.75, 3.05) is 17.8 Å². The fourth-order valence-electron chi connectivity index (χ4n) is 8.59. The number of rotatable bonds is 15. The van der Waals surface area contributed by atoms with Gasteiger partial charge in [-0.15, -0.1) is 11.8 Å². The van der Waals surface area contributed by atoms with Crippen molar-refractivity contribution in [3.8, 4) is 56.0 Å². The largest absolute Gasteiger partial charge is 0.507 e. The van der Waals surface area contributed by atoms with Crippen LogP contribution in [-0.4, -0.2) is 28.0 Å². The first-order valence-corrected chi connectivity index (χ1v) is 24.5. The van der Waals surface area contributed by atoms with Crippen LogP contribution in [-0.2, 0) is 0 Å². The molecule has 0 bridgehead atoms. The van der Waals surface area contributed by atoms with Crippen LogP contribution in [0.3, 0.4) is 0 Å². The second kappa shape index (κ2) is 19.4. The van der Waals surface area contributed by atoms with E-state index in [4.69, 9.17) is 0 Å². The molecule has 0 heterocycles. The minimum absolute atomic E-state index is 0.283. The summed E-state index contributed by atoms with van der Waals surface area (Å²) in [5.74, 6) is 4.59. The highest BCUT2D eigenvalue weighted by atomic mass is 32.2. The topological polar surface area (TPSA) is 40.5 Å². The van der Waals surface area contributed by atoms with Gasteiger partial charge < -0.3 is 10.2 Å². The van der Waals surface area contributed by atoms with E-state index in [2.05, 4.69) is 171 Å². The van der Waals surface area contributed by atoms with E-state index < -0.39 is 0 Å². The molecule has 0 atom stereocenters. The van der Waals surface area contributed by atoms with Crippen LogP contribution in [0, 0.1) is 20.8 Å². The van der Waals surface area contributed by atoms with Crippen LogP contribution in [0.5, 0.6) is 11.5 Å². The maximum Gasteiger partial charge on any atom is 0.131 e. The molecule has 4 heteroatoms. The summed E-state index contributed by atoms with van der Waals surface area (Å²) in [6, 6.07) is 22.7. The average Bonchev–Trinajstić information content (AvgIpc) is 3.16.